The molecule has 0 saturated carbocycles. The van der Waals surface area contributed by atoms with Crippen LogP contribution in [0.1, 0.15) is 10.4 Å². The summed E-state index contributed by atoms with van der Waals surface area (Å²) in [7, 11) is 0. The van der Waals surface area contributed by atoms with Crippen molar-refractivity contribution in [1.82, 2.24) is 4.98 Å². The number of amides is 1. The number of nitrogens with one attached hydrogen (secondary N) is 1. The van der Waals surface area contributed by atoms with Gasteiger partial charge in [0, 0.05) is 33.8 Å². The van der Waals surface area contributed by atoms with Crippen molar-refractivity contribution in [2.24, 2.45) is 0 Å². The lowest BCUT2D eigenvalue weighted by molar-refractivity contribution is 0.102. The van der Waals surface area contributed by atoms with Gasteiger partial charge in [-0.2, -0.15) is 0 Å². The standard InChI is InChI=1S/C26H18N2OS/c29-25(28-24-12-6-10-19-9-4-5-11-22(19)24)20-13-14-21(18-7-2-1-3-8-18)23(17-20)26-27-15-16-30-26/h1-17H,(H,28,29). The minimum absolute atomic E-state index is 0.135. The molecular weight excluding hydrogens is 388 g/mol. The Labute approximate surface area is 178 Å². The van der Waals surface area contributed by atoms with E-state index >= 15 is 0 Å². The molecular formula is C26H18N2OS. The van der Waals surface area contributed by atoms with E-state index in [1.54, 1.807) is 17.5 Å². The SMILES string of the molecule is O=C(Nc1cccc2ccccc12)c1ccc(-c2ccccc2)c(-c2nccs2)c1. The fraction of sp³-hybridized carbons (Fsp3) is 0. The Bertz CT molecular complexity index is 1320. The maximum Gasteiger partial charge on any atom is 0.255 e. The van der Waals surface area contributed by atoms with Gasteiger partial charge in [0.2, 0.25) is 0 Å². The molecule has 0 unspecified atom stereocenters. The predicted octanol–water partition coefficient (Wildman–Crippen LogP) is 6.88. The number of hydrogen-bond donors (Lipinski definition) is 1. The number of fused-ring (bicyclic) bond motifs is 1. The molecule has 0 spiro atoms. The summed E-state index contributed by atoms with van der Waals surface area (Å²) in [4.78, 5) is 17.6. The fourth-order valence-electron chi connectivity index (χ4n) is 3.62. The van der Waals surface area contributed by atoms with Gasteiger partial charge in [0.25, 0.3) is 5.91 Å². The van der Waals surface area contributed by atoms with E-state index in [1.807, 2.05) is 84.2 Å². The van der Waals surface area contributed by atoms with Crippen molar-refractivity contribution in [2.45, 2.75) is 0 Å². The summed E-state index contributed by atoms with van der Waals surface area (Å²) < 4.78 is 0. The van der Waals surface area contributed by atoms with Crippen LogP contribution in [-0.2, 0) is 0 Å². The molecule has 0 saturated heterocycles. The predicted molar refractivity (Wildman–Crippen MR) is 125 cm³/mol. The summed E-state index contributed by atoms with van der Waals surface area (Å²) in [6, 6.07) is 29.9. The molecule has 0 aliphatic rings. The summed E-state index contributed by atoms with van der Waals surface area (Å²) in [6.45, 7) is 0. The summed E-state index contributed by atoms with van der Waals surface area (Å²) in [5.74, 6) is -0.135. The summed E-state index contributed by atoms with van der Waals surface area (Å²) in [5, 5.41) is 8.04. The number of benzene rings is 4. The first-order valence-electron chi connectivity index (χ1n) is 9.68. The molecule has 144 valence electrons. The van der Waals surface area contributed by atoms with Gasteiger partial charge in [0.1, 0.15) is 5.01 Å². The number of nitrogens with zero attached hydrogens (tertiary/aromatic N) is 1. The molecule has 0 fully saturated rings. The second-order valence-electron chi connectivity index (χ2n) is 6.94. The third-order valence-corrected chi connectivity index (χ3v) is 5.87. The van der Waals surface area contributed by atoms with Crippen LogP contribution in [0.5, 0.6) is 0 Å². The topological polar surface area (TPSA) is 42.0 Å². The van der Waals surface area contributed by atoms with Crippen molar-refractivity contribution >= 4 is 33.7 Å². The highest BCUT2D eigenvalue weighted by Crippen LogP contribution is 2.34. The van der Waals surface area contributed by atoms with E-state index in [2.05, 4.69) is 22.4 Å². The molecule has 0 bridgehead atoms. The average Bonchev–Trinajstić information content (AvgIpc) is 3.34. The lowest BCUT2D eigenvalue weighted by atomic mass is 9.97. The van der Waals surface area contributed by atoms with Crippen molar-refractivity contribution in [3.8, 4) is 21.7 Å². The van der Waals surface area contributed by atoms with Gasteiger partial charge in [-0.1, -0.05) is 72.8 Å². The molecule has 3 nitrogen and oxygen atoms in total. The molecule has 4 heteroatoms. The molecule has 1 amide bonds. The first-order chi connectivity index (χ1) is 14.8. The van der Waals surface area contributed by atoms with Gasteiger partial charge in [-0.3, -0.25) is 4.79 Å². The van der Waals surface area contributed by atoms with Crippen LogP contribution in [0.2, 0.25) is 0 Å². The number of carbonyl (C=O) groups is 1. The lowest BCUT2D eigenvalue weighted by Gasteiger charge is -2.12. The Morgan fingerprint density at radius 2 is 1.60 bits per heavy atom. The summed E-state index contributed by atoms with van der Waals surface area (Å²) >= 11 is 1.57. The largest absolute Gasteiger partial charge is 0.321 e. The maximum atomic E-state index is 13.1. The zero-order chi connectivity index (χ0) is 20.3. The molecule has 5 aromatic rings. The van der Waals surface area contributed by atoms with Crippen LogP contribution in [0.25, 0.3) is 32.5 Å². The third-order valence-electron chi connectivity index (χ3n) is 5.07. The Hall–Kier alpha value is -3.76. The second kappa shape index (κ2) is 7.93. The monoisotopic (exact) mass is 406 g/mol. The Kier molecular flexibility index (Phi) is 4.83. The van der Waals surface area contributed by atoms with Gasteiger partial charge in [0.05, 0.1) is 0 Å². The highest BCUT2D eigenvalue weighted by Gasteiger charge is 2.15. The number of hydrogen-bond acceptors (Lipinski definition) is 3. The van der Waals surface area contributed by atoms with Gasteiger partial charge in [-0.25, -0.2) is 4.98 Å². The molecule has 1 heterocycles. The minimum atomic E-state index is -0.135. The van der Waals surface area contributed by atoms with Gasteiger partial charge < -0.3 is 5.32 Å². The van der Waals surface area contributed by atoms with E-state index in [-0.39, 0.29) is 5.91 Å². The van der Waals surface area contributed by atoms with Crippen LogP contribution in [0.4, 0.5) is 5.69 Å². The van der Waals surface area contributed by atoms with Gasteiger partial charge in [-0.05, 0) is 34.7 Å². The Balaban J connectivity index is 1.55. The van der Waals surface area contributed by atoms with E-state index in [0.29, 0.717) is 5.56 Å². The normalized spacial score (nSPS) is 10.8. The van der Waals surface area contributed by atoms with Crippen LogP contribution in [0, 0.1) is 0 Å². The highest BCUT2D eigenvalue weighted by atomic mass is 32.1. The number of anilines is 1. The average molecular weight is 407 g/mol. The Morgan fingerprint density at radius 1 is 0.800 bits per heavy atom. The zero-order valence-electron chi connectivity index (χ0n) is 16.1. The first-order valence-corrected chi connectivity index (χ1v) is 10.6. The van der Waals surface area contributed by atoms with Crippen LogP contribution >= 0.6 is 11.3 Å². The van der Waals surface area contributed by atoms with E-state index in [4.69, 9.17) is 0 Å². The molecule has 0 aliphatic carbocycles. The highest BCUT2D eigenvalue weighted by molar-refractivity contribution is 7.13. The molecule has 1 aromatic heterocycles. The van der Waals surface area contributed by atoms with E-state index < -0.39 is 0 Å². The van der Waals surface area contributed by atoms with Crippen molar-refractivity contribution in [3.63, 3.8) is 0 Å². The number of rotatable bonds is 4. The lowest BCUT2D eigenvalue weighted by Crippen LogP contribution is -2.12. The van der Waals surface area contributed by atoms with E-state index in [0.717, 1.165) is 38.2 Å². The van der Waals surface area contributed by atoms with Crippen molar-refractivity contribution in [2.75, 3.05) is 5.32 Å². The van der Waals surface area contributed by atoms with Crippen LogP contribution < -0.4 is 5.32 Å². The molecule has 30 heavy (non-hydrogen) atoms. The van der Waals surface area contributed by atoms with Crippen LogP contribution in [-0.4, -0.2) is 10.9 Å². The number of aromatic nitrogens is 1. The van der Waals surface area contributed by atoms with Gasteiger partial charge >= 0.3 is 0 Å². The molecule has 1 N–H and O–H groups in total. The summed E-state index contributed by atoms with van der Waals surface area (Å²) in [6.07, 6.45) is 1.79. The van der Waals surface area contributed by atoms with Gasteiger partial charge in [0.15, 0.2) is 0 Å². The first kappa shape index (κ1) is 18.3. The number of carbonyl (C=O) groups excluding carboxylic acids is 1. The quantitative estimate of drug-likeness (QED) is 0.353. The maximum absolute atomic E-state index is 13.1. The van der Waals surface area contributed by atoms with Crippen molar-refractivity contribution in [1.29, 1.82) is 0 Å². The van der Waals surface area contributed by atoms with Crippen LogP contribution in [0.15, 0.2) is 103 Å². The molecule has 4 aromatic carbocycles. The Morgan fingerprint density at radius 3 is 2.43 bits per heavy atom. The van der Waals surface area contributed by atoms with Gasteiger partial charge in [-0.15, -0.1) is 11.3 Å². The molecule has 5 rings (SSSR count). The summed E-state index contributed by atoms with van der Waals surface area (Å²) in [5.41, 5.74) is 4.53. The molecule has 0 aliphatic heterocycles. The fourth-order valence-corrected chi connectivity index (χ4v) is 4.29. The number of thiazole rings is 1. The minimum Gasteiger partial charge on any atom is -0.321 e. The van der Waals surface area contributed by atoms with Crippen molar-refractivity contribution < 1.29 is 4.79 Å². The van der Waals surface area contributed by atoms with Crippen molar-refractivity contribution in [3.05, 3.63) is 108 Å². The van der Waals surface area contributed by atoms with E-state index in [1.165, 1.54) is 0 Å². The zero-order valence-corrected chi connectivity index (χ0v) is 16.9. The molecule has 0 atom stereocenters. The third kappa shape index (κ3) is 3.49. The second-order valence-corrected chi connectivity index (χ2v) is 7.84. The van der Waals surface area contributed by atoms with E-state index in [9.17, 15) is 4.79 Å². The van der Waals surface area contributed by atoms with Crippen LogP contribution in [0.3, 0.4) is 0 Å². The smallest absolute Gasteiger partial charge is 0.255 e. The molecule has 0 radical (unpaired) electrons.